The molecule has 2 N–H and O–H groups in total. The Kier molecular flexibility index (Phi) is 4.68. The van der Waals surface area contributed by atoms with E-state index in [9.17, 15) is 0 Å². The van der Waals surface area contributed by atoms with Crippen molar-refractivity contribution in [3.8, 4) is 0 Å². The third-order valence-electron chi connectivity index (χ3n) is 2.35. The maximum atomic E-state index is 5.97. The molecule has 0 aliphatic heterocycles. The van der Waals surface area contributed by atoms with Gasteiger partial charge in [-0.05, 0) is 35.9 Å². The third kappa shape index (κ3) is 3.48. The van der Waals surface area contributed by atoms with E-state index >= 15 is 0 Å². The summed E-state index contributed by atoms with van der Waals surface area (Å²) in [7, 11) is 0. The molecule has 2 aromatic carbocycles. The highest BCUT2D eigenvalue weighted by atomic mass is 35.5. The molecule has 0 aliphatic rings. The molecule has 0 atom stereocenters. The van der Waals surface area contributed by atoms with Gasteiger partial charge in [-0.2, -0.15) is 0 Å². The van der Waals surface area contributed by atoms with Crippen LogP contribution >= 0.6 is 46.6 Å². The van der Waals surface area contributed by atoms with Gasteiger partial charge >= 0.3 is 0 Å². The summed E-state index contributed by atoms with van der Waals surface area (Å²) in [5.74, 6) is 0.765. The molecular weight excluding hydrogens is 309 g/mol. The average Bonchev–Trinajstić information content (AvgIpc) is 2.34. The number of rotatable bonds is 3. The van der Waals surface area contributed by atoms with Gasteiger partial charge in [0.1, 0.15) is 0 Å². The molecule has 0 saturated carbocycles. The van der Waals surface area contributed by atoms with Crippen LogP contribution in [0.4, 0.5) is 5.69 Å². The molecule has 2 rings (SSSR count). The van der Waals surface area contributed by atoms with Crippen LogP contribution in [0.1, 0.15) is 5.56 Å². The molecule has 94 valence electrons. The normalized spacial score (nSPS) is 10.6. The van der Waals surface area contributed by atoms with E-state index in [1.54, 1.807) is 30.0 Å². The van der Waals surface area contributed by atoms with Gasteiger partial charge in [-0.25, -0.2) is 0 Å². The maximum Gasteiger partial charge on any atom is 0.0595 e. The molecule has 1 nitrogen and oxygen atoms in total. The van der Waals surface area contributed by atoms with Crippen molar-refractivity contribution >= 4 is 52.3 Å². The van der Waals surface area contributed by atoms with Crippen LogP contribution in [-0.4, -0.2) is 0 Å². The van der Waals surface area contributed by atoms with Gasteiger partial charge in [-0.15, -0.1) is 11.8 Å². The van der Waals surface area contributed by atoms with Crippen LogP contribution in [0.3, 0.4) is 0 Å². The summed E-state index contributed by atoms with van der Waals surface area (Å²) in [5, 5.41) is 1.81. The number of thioether (sulfide) groups is 1. The molecule has 5 heteroatoms. The smallest absolute Gasteiger partial charge is 0.0595 e. The van der Waals surface area contributed by atoms with Crippen molar-refractivity contribution in [3.63, 3.8) is 0 Å². The summed E-state index contributed by atoms with van der Waals surface area (Å²) in [6, 6.07) is 11.0. The highest BCUT2D eigenvalue weighted by Crippen LogP contribution is 2.32. The SMILES string of the molecule is Nc1ccc(Cl)cc1SCc1ccc(Cl)c(Cl)c1. The summed E-state index contributed by atoms with van der Waals surface area (Å²) in [6.45, 7) is 0. The van der Waals surface area contributed by atoms with Crippen molar-refractivity contribution in [1.29, 1.82) is 0 Å². The maximum absolute atomic E-state index is 5.97. The molecular formula is C13H10Cl3NS. The molecule has 0 radical (unpaired) electrons. The van der Waals surface area contributed by atoms with Crippen LogP contribution in [0.5, 0.6) is 0 Å². The Bertz CT molecular complexity index is 572. The number of hydrogen-bond donors (Lipinski definition) is 1. The third-order valence-corrected chi connectivity index (χ3v) is 4.47. The van der Waals surface area contributed by atoms with Gasteiger partial charge in [0.15, 0.2) is 0 Å². The zero-order valence-electron chi connectivity index (χ0n) is 9.29. The first-order valence-corrected chi connectivity index (χ1v) is 7.30. The molecule has 0 aromatic heterocycles. The van der Waals surface area contributed by atoms with E-state index in [1.165, 1.54) is 0 Å². The number of anilines is 1. The zero-order chi connectivity index (χ0) is 13.1. The van der Waals surface area contributed by atoms with Crippen LogP contribution in [0.15, 0.2) is 41.3 Å². The summed E-state index contributed by atoms with van der Waals surface area (Å²) in [6.07, 6.45) is 0. The first-order valence-electron chi connectivity index (χ1n) is 5.18. The summed E-state index contributed by atoms with van der Waals surface area (Å²) < 4.78 is 0. The van der Waals surface area contributed by atoms with Gasteiger partial charge in [0, 0.05) is 21.4 Å². The van der Waals surface area contributed by atoms with Crippen LogP contribution < -0.4 is 5.73 Å². The van der Waals surface area contributed by atoms with Gasteiger partial charge < -0.3 is 5.73 Å². The fourth-order valence-electron chi connectivity index (χ4n) is 1.42. The number of nitrogen functional groups attached to an aromatic ring is 1. The molecule has 0 amide bonds. The fraction of sp³-hybridized carbons (Fsp3) is 0.0769. The van der Waals surface area contributed by atoms with Gasteiger partial charge in [-0.3, -0.25) is 0 Å². The second-order valence-corrected chi connectivity index (χ2v) is 5.99. The number of halogens is 3. The Morgan fingerprint density at radius 2 is 1.72 bits per heavy atom. The van der Waals surface area contributed by atoms with Crippen LogP contribution in [0.25, 0.3) is 0 Å². The van der Waals surface area contributed by atoms with Gasteiger partial charge in [0.05, 0.1) is 10.0 Å². The predicted octanol–water partition coefficient (Wildman–Crippen LogP) is 5.52. The quantitative estimate of drug-likeness (QED) is 0.595. The summed E-state index contributed by atoms with van der Waals surface area (Å²) >= 11 is 19.4. The topological polar surface area (TPSA) is 26.0 Å². The molecule has 0 heterocycles. The number of benzene rings is 2. The molecule has 0 aliphatic carbocycles. The van der Waals surface area contributed by atoms with Crippen molar-refractivity contribution in [3.05, 3.63) is 57.0 Å². The zero-order valence-corrected chi connectivity index (χ0v) is 12.4. The first kappa shape index (κ1) is 13.9. The minimum atomic E-state index is 0.563. The Morgan fingerprint density at radius 3 is 2.44 bits per heavy atom. The molecule has 18 heavy (non-hydrogen) atoms. The second-order valence-electron chi connectivity index (χ2n) is 3.72. The largest absolute Gasteiger partial charge is 0.398 e. The second kappa shape index (κ2) is 6.07. The summed E-state index contributed by atoms with van der Waals surface area (Å²) in [5.41, 5.74) is 7.70. The average molecular weight is 319 g/mol. The van der Waals surface area contributed by atoms with Crippen LogP contribution in [0.2, 0.25) is 15.1 Å². The lowest BCUT2D eigenvalue weighted by atomic mass is 10.2. The lowest BCUT2D eigenvalue weighted by Gasteiger charge is -2.06. The van der Waals surface area contributed by atoms with E-state index in [1.807, 2.05) is 18.2 Å². The number of nitrogens with two attached hydrogens (primary N) is 1. The van der Waals surface area contributed by atoms with E-state index in [0.29, 0.717) is 15.1 Å². The standard InChI is InChI=1S/C13H10Cl3NS/c14-9-2-4-12(17)13(6-9)18-7-8-1-3-10(15)11(16)5-8/h1-6H,7,17H2. The molecule has 0 spiro atoms. The van der Waals surface area contributed by atoms with Crippen molar-refractivity contribution < 1.29 is 0 Å². The highest BCUT2D eigenvalue weighted by Gasteiger charge is 2.04. The van der Waals surface area contributed by atoms with E-state index in [4.69, 9.17) is 40.5 Å². The highest BCUT2D eigenvalue weighted by molar-refractivity contribution is 7.98. The molecule has 0 unspecified atom stereocenters. The monoisotopic (exact) mass is 317 g/mol. The van der Waals surface area contributed by atoms with E-state index in [-0.39, 0.29) is 0 Å². The van der Waals surface area contributed by atoms with Crippen LogP contribution in [0, 0.1) is 0 Å². The van der Waals surface area contributed by atoms with Crippen LogP contribution in [-0.2, 0) is 5.75 Å². The predicted molar refractivity (Wildman–Crippen MR) is 81.9 cm³/mol. The minimum absolute atomic E-state index is 0.563. The Balaban J connectivity index is 2.11. The van der Waals surface area contributed by atoms with E-state index < -0.39 is 0 Å². The Hall–Kier alpha value is -0.540. The number of hydrogen-bond acceptors (Lipinski definition) is 2. The molecule has 0 bridgehead atoms. The Labute approximate surface area is 125 Å². The lowest BCUT2D eigenvalue weighted by molar-refractivity contribution is 1.38. The first-order chi connectivity index (χ1) is 8.56. The van der Waals surface area contributed by atoms with Crippen molar-refractivity contribution in [2.24, 2.45) is 0 Å². The summed E-state index contributed by atoms with van der Waals surface area (Å²) in [4.78, 5) is 0.966. The van der Waals surface area contributed by atoms with E-state index in [2.05, 4.69) is 0 Å². The molecule has 0 fully saturated rings. The van der Waals surface area contributed by atoms with Gasteiger partial charge in [-0.1, -0.05) is 40.9 Å². The van der Waals surface area contributed by atoms with Gasteiger partial charge in [0.2, 0.25) is 0 Å². The minimum Gasteiger partial charge on any atom is -0.398 e. The van der Waals surface area contributed by atoms with Crippen molar-refractivity contribution in [2.45, 2.75) is 10.6 Å². The van der Waals surface area contributed by atoms with Crippen molar-refractivity contribution in [2.75, 3.05) is 5.73 Å². The van der Waals surface area contributed by atoms with Gasteiger partial charge in [0.25, 0.3) is 0 Å². The fourth-order valence-corrected chi connectivity index (χ4v) is 2.93. The molecule has 2 aromatic rings. The molecule has 0 saturated heterocycles. The Morgan fingerprint density at radius 1 is 0.944 bits per heavy atom. The van der Waals surface area contributed by atoms with E-state index in [0.717, 1.165) is 21.9 Å². The lowest BCUT2D eigenvalue weighted by Crippen LogP contribution is -1.89. The van der Waals surface area contributed by atoms with Crippen molar-refractivity contribution in [1.82, 2.24) is 0 Å².